The van der Waals surface area contributed by atoms with Crippen LogP contribution in [0.15, 0.2) is 65.9 Å². The Morgan fingerprint density at radius 1 is 1.00 bits per heavy atom. The topological polar surface area (TPSA) is 41.4 Å². The Labute approximate surface area is 165 Å². The molecule has 3 rings (SSSR count). The highest BCUT2D eigenvalue weighted by atomic mass is 32.1. The van der Waals surface area contributed by atoms with Crippen molar-refractivity contribution in [1.82, 2.24) is 9.99 Å². The normalized spacial score (nSPS) is 10.9. The highest BCUT2D eigenvalue weighted by Gasteiger charge is 2.04. The van der Waals surface area contributed by atoms with E-state index in [9.17, 15) is 0 Å². The number of aromatic nitrogens is 1. The van der Waals surface area contributed by atoms with E-state index < -0.39 is 0 Å². The van der Waals surface area contributed by atoms with Gasteiger partial charge in [0.2, 0.25) is 0 Å². The van der Waals surface area contributed by atoms with Crippen molar-refractivity contribution in [1.29, 1.82) is 0 Å². The maximum atomic E-state index is 5.35. The molecule has 1 aromatic heterocycles. The Balaban J connectivity index is 1.62. The van der Waals surface area contributed by atoms with Gasteiger partial charge in [-0.2, -0.15) is 5.10 Å². The molecule has 0 spiro atoms. The number of aryl methyl sites for hydroxylation is 2. The maximum Gasteiger partial charge on any atom is 0.191 e. The first-order valence-corrected chi connectivity index (χ1v) is 9.31. The predicted molar refractivity (Wildman–Crippen MR) is 118 cm³/mol. The van der Waals surface area contributed by atoms with Crippen LogP contribution in [-0.2, 0) is 6.54 Å². The molecule has 4 nitrogen and oxygen atoms in total. The maximum absolute atomic E-state index is 5.35. The standard InChI is InChI=1S/C22H24N4S/c1-16-9-6-12-21(18(16)3)24-22(27)25-23-14-20-11-7-13-26(20)15-19-10-5-4-8-17(19)2/h4-14H,15H2,1-3H3,(H2,24,25,27)/b23-14+. The smallest absolute Gasteiger partial charge is 0.191 e. The molecule has 2 aromatic carbocycles. The first-order chi connectivity index (χ1) is 13.0. The molecule has 0 amide bonds. The summed E-state index contributed by atoms with van der Waals surface area (Å²) in [5.74, 6) is 0. The SMILES string of the molecule is Cc1ccccc1Cn1cccc1/C=N/NC(=S)Nc1cccc(C)c1C. The van der Waals surface area contributed by atoms with Gasteiger partial charge in [-0.3, -0.25) is 5.43 Å². The minimum absolute atomic E-state index is 0.469. The van der Waals surface area contributed by atoms with E-state index in [4.69, 9.17) is 12.2 Å². The van der Waals surface area contributed by atoms with Gasteiger partial charge in [0.25, 0.3) is 0 Å². The van der Waals surface area contributed by atoms with Gasteiger partial charge in [0, 0.05) is 18.4 Å². The van der Waals surface area contributed by atoms with Gasteiger partial charge in [0.15, 0.2) is 5.11 Å². The molecule has 3 aromatic rings. The monoisotopic (exact) mass is 376 g/mol. The molecule has 27 heavy (non-hydrogen) atoms. The number of anilines is 1. The van der Waals surface area contributed by atoms with Crippen molar-refractivity contribution in [2.24, 2.45) is 5.10 Å². The molecule has 0 unspecified atom stereocenters. The fraction of sp³-hybridized carbons (Fsp3) is 0.182. The second-order valence-corrected chi connectivity index (χ2v) is 6.97. The van der Waals surface area contributed by atoms with Crippen LogP contribution in [0.2, 0.25) is 0 Å². The van der Waals surface area contributed by atoms with Crippen molar-refractivity contribution in [3.8, 4) is 0 Å². The average Bonchev–Trinajstić information content (AvgIpc) is 3.08. The largest absolute Gasteiger partial charge is 0.342 e. The van der Waals surface area contributed by atoms with Crippen LogP contribution in [-0.4, -0.2) is 15.9 Å². The van der Waals surface area contributed by atoms with Crippen LogP contribution in [0.1, 0.15) is 27.9 Å². The molecule has 0 saturated heterocycles. The van der Waals surface area contributed by atoms with Crippen molar-refractivity contribution >= 4 is 29.2 Å². The quantitative estimate of drug-likeness (QED) is 0.382. The van der Waals surface area contributed by atoms with Gasteiger partial charge in [-0.15, -0.1) is 0 Å². The minimum Gasteiger partial charge on any atom is -0.342 e. The second-order valence-electron chi connectivity index (χ2n) is 6.56. The molecule has 0 saturated carbocycles. The summed E-state index contributed by atoms with van der Waals surface area (Å²) in [7, 11) is 0. The van der Waals surface area contributed by atoms with E-state index in [0.717, 1.165) is 17.9 Å². The zero-order chi connectivity index (χ0) is 19.2. The number of hydrazone groups is 1. The predicted octanol–water partition coefficient (Wildman–Crippen LogP) is 4.78. The number of thiocarbonyl (C=S) groups is 1. The van der Waals surface area contributed by atoms with Crippen LogP contribution in [0.4, 0.5) is 5.69 Å². The molecule has 1 heterocycles. The number of rotatable bonds is 5. The molecular formula is C22H24N4S. The second kappa shape index (κ2) is 8.64. The molecule has 0 aliphatic carbocycles. The highest BCUT2D eigenvalue weighted by Crippen LogP contribution is 2.17. The lowest BCUT2D eigenvalue weighted by atomic mass is 10.1. The fourth-order valence-corrected chi connectivity index (χ4v) is 3.02. The van der Waals surface area contributed by atoms with Gasteiger partial charge in [-0.05, 0) is 73.4 Å². The van der Waals surface area contributed by atoms with Crippen molar-refractivity contribution in [3.05, 3.63) is 88.7 Å². The molecule has 5 heteroatoms. The molecule has 2 N–H and O–H groups in total. The van der Waals surface area contributed by atoms with Crippen LogP contribution in [0, 0.1) is 20.8 Å². The van der Waals surface area contributed by atoms with Crippen molar-refractivity contribution < 1.29 is 0 Å². The van der Waals surface area contributed by atoms with Gasteiger partial charge < -0.3 is 9.88 Å². The van der Waals surface area contributed by atoms with Gasteiger partial charge in [0.1, 0.15) is 0 Å². The molecule has 0 aliphatic rings. The third-order valence-electron chi connectivity index (χ3n) is 4.68. The van der Waals surface area contributed by atoms with Crippen LogP contribution in [0.3, 0.4) is 0 Å². The number of nitrogens with one attached hydrogen (secondary N) is 2. The summed E-state index contributed by atoms with van der Waals surface area (Å²) in [6.45, 7) is 7.09. The van der Waals surface area contributed by atoms with E-state index in [0.29, 0.717) is 5.11 Å². The van der Waals surface area contributed by atoms with Crippen molar-refractivity contribution in [3.63, 3.8) is 0 Å². The summed E-state index contributed by atoms with van der Waals surface area (Å²) >= 11 is 5.35. The summed E-state index contributed by atoms with van der Waals surface area (Å²) in [4.78, 5) is 0. The Kier molecular flexibility index (Phi) is 6.04. The molecule has 0 aliphatic heterocycles. The van der Waals surface area contributed by atoms with Crippen LogP contribution in [0.5, 0.6) is 0 Å². The lowest BCUT2D eigenvalue weighted by molar-refractivity contribution is 0.793. The molecule has 0 fully saturated rings. The highest BCUT2D eigenvalue weighted by molar-refractivity contribution is 7.80. The van der Waals surface area contributed by atoms with Crippen molar-refractivity contribution in [2.45, 2.75) is 27.3 Å². The Bertz CT molecular complexity index is 972. The van der Waals surface area contributed by atoms with Gasteiger partial charge >= 0.3 is 0 Å². The summed E-state index contributed by atoms with van der Waals surface area (Å²) in [5.41, 5.74) is 9.88. The Morgan fingerprint density at radius 2 is 1.78 bits per heavy atom. The number of hydrogen-bond donors (Lipinski definition) is 2. The third-order valence-corrected chi connectivity index (χ3v) is 4.88. The molecule has 0 bridgehead atoms. The van der Waals surface area contributed by atoms with E-state index in [1.54, 1.807) is 6.21 Å². The van der Waals surface area contributed by atoms with E-state index in [2.05, 4.69) is 77.7 Å². The number of hydrogen-bond acceptors (Lipinski definition) is 2. The average molecular weight is 377 g/mol. The number of nitrogens with zero attached hydrogens (tertiary/aromatic N) is 2. The molecule has 0 radical (unpaired) electrons. The summed E-state index contributed by atoms with van der Waals surface area (Å²) < 4.78 is 2.16. The Morgan fingerprint density at radius 3 is 2.59 bits per heavy atom. The molecule has 138 valence electrons. The lowest BCUT2D eigenvalue weighted by Gasteiger charge is -2.12. The lowest BCUT2D eigenvalue weighted by Crippen LogP contribution is -2.24. The third kappa shape index (κ3) is 4.83. The van der Waals surface area contributed by atoms with E-state index in [-0.39, 0.29) is 0 Å². The van der Waals surface area contributed by atoms with Gasteiger partial charge in [-0.1, -0.05) is 36.4 Å². The first-order valence-electron chi connectivity index (χ1n) is 8.90. The van der Waals surface area contributed by atoms with E-state index in [1.807, 2.05) is 24.3 Å². The molecule has 0 atom stereocenters. The summed E-state index contributed by atoms with van der Waals surface area (Å²) in [6, 6.07) is 18.6. The fourth-order valence-electron chi connectivity index (χ4n) is 2.85. The molecular weight excluding hydrogens is 352 g/mol. The van der Waals surface area contributed by atoms with Crippen LogP contribution >= 0.6 is 12.2 Å². The Hall–Kier alpha value is -2.92. The first kappa shape index (κ1) is 18.9. The summed E-state index contributed by atoms with van der Waals surface area (Å²) in [6.07, 6.45) is 3.84. The zero-order valence-electron chi connectivity index (χ0n) is 15.9. The zero-order valence-corrected chi connectivity index (χ0v) is 16.7. The minimum atomic E-state index is 0.469. The van der Waals surface area contributed by atoms with E-state index in [1.165, 1.54) is 22.3 Å². The van der Waals surface area contributed by atoms with E-state index >= 15 is 0 Å². The van der Waals surface area contributed by atoms with Crippen LogP contribution in [0.25, 0.3) is 0 Å². The van der Waals surface area contributed by atoms with Gasteiger partial charge in [-0.25, -0.2) is 0 Å². The summed E-state index contributed by atoms with van der Waals surface area (Å²) in [5, 5.41) is 7.95. The van der Waals surface area contributed by atoms with Gasteiger partial charge in [0.05, 0.1) is 11.9 Å². The van der Waals surface area contributed by atoms with Crippen LogP contribution < -0.4 is 10.7 Å². The van der Waals surface area contributed by atoms with Crippen molar-refractivity contribution in [2.75, 3.05) is 5.32 Å². The number of benzene rings is 2.